The SMILES string of the molecule is CCCCCC1CC2CCCC12. The first-order valence-corrected chi connectivity index (χ1v) is 5.92. The molecular formula is C12H22. The van der Waals surface area contributed by atoms with Gasteiger partial charge in [-0.05, 0) is 30.6 Å². The molecule has 0 amide bonds. The van der Waals surface area contributed by atoms with Crippen molar-refractivity contribution in [3.8, 4) is 0 Å². The zero-order chi connectivity index (χ0) is 8.39. The van der Waals surface area contributed by atoms with Crippen LogP contribution in [0, 0.1) is 17.8 Å². The molecule has 2 aliphatic carbocycles. The van der Waals surface area contributed by atoms with Crippen LogP contribution in [-0.4, -0.2) is 0 Å². The van der Waals surface area contributed by atoms with Crippen molar-refractivity contribution in [2.75, 3.05) is 0 Å². The zero-order valence-electron chi connectivity index (χ0n) is 8.39. The summed E-state index contributed by atoms with van der Waals surface area (Å²) in [6, 6.07) is 0. The Hall–Kier alpha value is 0. The van der Waals surface area contributed by atoms with Crippen LogP contribution in [0.2, 0.25) is 0 Å². The molecule has 0 N–H and O–H groups in total. The second kappa shape index (κ2) is 3.81. The minimum absolute atomic E-state index is 1.16. The number of unbranched alkanes of at least 4 members (excludes halogenated alkanes) is 2. The zero-order valence-corrected chi connectivity index (χ0v) is 8.39. The number of rotatable bonds is 4. The Labute approximate surface area is 76.7 Å². The van der Waals surface area contributed by atoms with E-state index in [0.717, 1.165) is 5.92 Å². The Bertz CT molecular complexity index is 139. The van der Waals surface area contributed by atoms with Gasteiger partial charge >= 0.3 is 0 Å². The van der Waals surface area contributed by atoms with E-state index in [1.165, 1.54) is 31.1 Å². The van der Waals surface area contributed by atoms with Gasteiger partial charge in [-0.2, -0.15) is 0 Å². The van der Waals surface area contributed by atoms with Crippen molar-refractivity contribution < 1.29 is 0 Å². The number of hydrogen-bond acceptors (Lipinski definition) is 0. The quantitative estimate of drug-likeness (QED) is 0.554. The van der Waals surface area contributed by atoms with Crippen molar-refractivity contribution >= 4 is 0 Å². The predicted octanol–water partition coefficient (Wildman–Crippen LogP) is 4.00. The van der Waals surface area contributed by atoms with Crippen molar-refractivity contribution in [2.24, 2.45) is 17.8 Å². The molecule has 0 aromatic rings. The second-order valence-corrected chi connectivity index (χ2v) is 4.85. The summed E-state index contributed by atoms with van der Waals surface area (Å²) < 4.78 is 0. The van der Waals surface area contributed by atoms with Crippen molar-refractivity contribution in [2.45, 2.75) is 58.3 Å². The van der Waals surface area contributed by atoms with Crippen molar-refractivity contribution in [3.63, 3.8) is 0 Å². The summed E-state index contributed by atoms with van der Waals surface area (Å²) in [5.41, 5.74) is 0. The van der Waals surface area contributed by atoms with Gasteiger partial charge in [0.15, 0.2) is 0 Å². The molecule has 2 aliphatic rings. The van der Waals surface area contributed by atoms with Crippen LogP contribution in [0.25, 0.3) is 0 Å². The van der Waals surface area contributed by atoms with E-state index >= 15 is 0 Å². The lowest BCUT2D eigenvalue weighted by Gasteiger charge is -2.40. The number of fused-ring (bicyclic) bond motifs is 1. The minimum atomic E-state index is 1.16. The van der Waals surface area contributed by atoms with E-state index in [1.807, 2.05) is 0 Å². The highest BCUT2D eigenvalue weighted by molar-refractivity contribution is 4.92. The average molecular weight is 166 g/mol. The molecule has 2 rings (SSSR count). The van der Waals surface area contributed by atoms with Gasteiger partial charge in [-0.1, -0.05) is 45.4 Å². The Kier molecular flexibility index (Phi) is 2.73. The van der Waals surface area contributed by atoms with Crippen LogP contribution in [0.3, 0.4) is 0 Å². The maximum Gasteiger partial charge on any atom is -0.0357 e. The first-order valence-electron chi connectivity index (χ1n) is 5.92. The van der Waals surface area contributed by atoms with Crippen LogP contribution in [0.5, 0.6) is 0 Å². The molecule has 0 nitrogen and oxygen atoms in total. The molecule has 0 heterocycles. The topological polar surface area (TPSA) is 0 Å². The predicted molar refractivity (Wildman–Crippen MR) is 53.1 cm³/mol. The van der Waals surface area contributed by atoms with Crippen LogP contribution in [0.15, 0.2) is 0 Å². The summed E-state index contributed by atoms with van der Waals surface area (Å²) >= 11 is 0. The summed E-state index contributed by atoms with van der Waals surface area (Å²) in [4.78, 5) is 0. The van der Waals surface area contributed by atoms with Crippen LogP contribution >= 0.6 is 0 Å². The Morgan fingerprint density at radius 2 is 2.08 bits per heavy atom. The van der Waals surface area contributed by atoms with Crippen LogP contribution in [-0.2, 0) is 0 Å². The maximum absolute atomic E-state index is 2.30. The largest absolute Gasteiger partial charge is 0.0654 e. The van der Waals surface area contributed by atoms with Gasteiger partial charge < -0.3 is 0 Å². The molecule has 0 radical (unpaired) electrons. The second-order valence-electron chi connectivity index (χ2n) is 4.85. The van der Waals surface area contributed by atoms with Gasteiger partial charge in [0.1, 0.15) is 0 Å². The molecule has 0 spiro atoms. The monoisotopic (exact) mass is 166 g/mol. The highest BCUT2D eigenvalue weighted by Gasteiger charge is 2.42. The van der Waals surface area contributed by atoms with Crippen molar-refractivity contribution in [3.05, 3.63) is 0 Å². The van der Waals surface area contributed by atoms with E-state index in [-0.39, 0.29) is 0 Å². The van der Waals surface area contributed by atoms with Gasteiger partial charge in [-0.15, -0.1) is 0 Å². The molecule has 0 saturated heterocycles. The molecule has 2 saturated carbocycles. The van der Waals surface area contributed by atoms with Crippen LogP contribution < -0.4 is 0 Å². The Balaban J connectivity index is 1.64. The van der Waals surface area contributed by atoms with E-state index in [4.69, 9.17) is 0 Å². The average Bonchev–Trinajstić information content (AvgIpc) is 2.41. The molecule has 0 bridgehead atoms. The smallest absolute Gasteiger partial charge is 0.0357 e. The van der Waals surface area contributed by atoms with E-state index in [0.29, 0.717) is 0 Å². The molecule has 12 heavy (non-hydrogen) atoms. The lowest BCUT2D eigenvalue weighted by atomic mass is 9.65. The molecular weight excluding hydrogens is 144 g/mol. The summed E-state index contributed by atoms with van der Waals surface area (Å²) in [5.74, 6) is 3.52. The standard InChI is InChI=1S/C12H22/c1-2-3-4-6-10-9-11-7-5-8-12(10)11/h10-12H,2-9H2,1H3. The first-order chi connectivity index (χ1) is 5.92. The molecule has 2 fully saturated rings. The van der Waals surface area contributed by atoms with E-state index in [1.54, 1.807) is 32.1 Å². The van der Waals surface area contributed by atoms with Crippen molar-refractivity contribution in [1.82, 2.24) is 0 Å². The van der Waals surface area contributed by atoms with E-state index < -0.39 is 0 Å². The molecule has 0 aromatic carbocycles. The van der Waals surface area contributed by atoms with Gasteiger partial charge in [-0.25, -0.2) is 0 Å². The minimum Gasteiger partial charge on any atom is -0.0654 e. The van der Waals surface area contributed by atoms with Crippen molar-refractivity contribution in [1.29, 1.82) is 0 Å². The lowest BCUT2D eigenvalue weighted by Crippen LogP contribution is -2.32. The van der Waals surface area contributed by atoms with E-state index in [9.17, 15) is 0 Å². The summed E-state index contributed by atoms with van der Waals surface area (Å²) in [7, 11) is 0. The number of hydrogen-bond donors (Lipinski definition) is 0. The maximum atomic E-state index is 2.30. The van der Waals surface area contributed by atoms with Crippen LogP contribution in [0.4, 0.5) is 0 Å². The van der Waals surface area contributed by atoms with E-state index in [2.05, 4.69) is 6.92 Å². The molecule has 3 unspecified atom stereocenters. The fourth-order valence-corrected chi connectivity index (χ4v) is 3.34. The summed E-state index contributed by atoms with van der Waals surface area (Å²) in [6.45, 7) is 2.30. The van der Waals surface area contributed by atoms with Gasteiger partial charge in [0.25, 0.3) is 0 Å². The van der Waals surface area contributed by atoms with Gasteiger partial charge in [0.05, 0.1) is 0 Å². The fraction of sp³-hybridized carbons (Fsp3) is 1.00. The van der Waals surface area contributed by atoms with Gasteiger partial charge in [0, 0.05) is 0 Å². The first kappa shape index (κ1) is 8.59. The Morgan fingerprint density at radius 3 is 2.83 bits per heavy atom. The lowest BCUT2D eigenvalue weighted by molar-refractivity contribution is 0.0924. The third-order valence-electron chi connectivity index (χ3n) is 4.11. The molecule has 3 atom stereocenters. The third-order valence-corrected chi connectivity index (χ3v) is 4.11. The summed E-state index contributed by atoms with van der Waals surface area (Å²) in [6.07, 6.45) is 12.2. The summed E-state index contributed by atoms with van der Waals surface area (Å²) in [5, 5.41) is 0. The van der Waals surface area contributed by atoms with Gasteiger partial charge in [0.2, 0.25) is 0 Å². The fourth-order valence-electron chi connectivity index (χ4n) is 3.34. The Morgan fingerprint density at radius 1 is 1.17 bits per heavy atom. The third kappa shape index (κ3) is 1.53. The molecule has 0 aliphatic heterocycles. The molecule has 70 valence electrons. The van der Waals surface area contributed by atoms with Gasteiger partial charge in [-0.3, -0.25) is 0 Å². The van der Waals surface area contributed by atoms with Crippen LogP contribution in [0.1, 0.15) is 58.3 Å². The highest BCUT2D eigenvalue weighted by atomic mass is 14.5. The molecule has 0 heteroatoms. The normalized spacial score (nSPS) is 39.2. The molecule has 0 aromatic heterocycles. The highest BCUT2D eigenvalue weighted by Crippen LogP contribution is 2.52.